The molecular weight excluding hydrogens is 292 g/mol. The van der Waals surface area contributed by atoms with E-state index >= 15 is 0 Å². The van der Waals surface area contributed by atoms with Gasteiger partial charge in [-0.2, -0.15) is 5.10 Å². The molecule has 0 saturated heterocycles. The number of fused-ring (bicyclic) bond motifs is 1. The van der Waals surface area contributed by atoms with Crippen molar-refractivity contribution >= 4 is 11.6 Å². The van der Waals surface area contributed by atoms with Gasteiger partial charge in [-0.1, -0.05) is 6.07 Å². The molecule has 3 rings (SSSR count). The van der Waals surface area contributed by atoms with Crippen LogP contribution in [0.4, 0.5) is 0 Å². The number of nitrogens with zero attached hydrogens (tertiary/aromatic N) is 5. The maximum atomic E-state index is 12.1. The summed E-state index contributed by atoms with van der Waals surface area (Å²) in [6, 6.07) is 5.77. The van der Waals surface area contributed by atoms with Crippen LogP contribution in [0.5, 0.6) is 0 Å². The van der Waals surface area contributed by atoms with Crippen LogP contribution in [0.25, 0.3) is 5.65 Å². The van der Waals surface area contributed by atoms with Crippen molar-refractivity contribution in [3.8, 4) is 0 Å². The smallest absolute Gasteiger partial charge is 0.224 e. The summed E-state index contributed by atoms with van der Waals surface area (Å²) in [5.41, 5.74) is 3.75. The fraction of sp³-hybridized carbons (Fsp3) is 0.375. The Morgan fingerprint density at radius 3 is 2.83 bits per heavy atom. The first-order valence-corrected chi connectivity index (χ1v) is 7.60. The Balaban J connectivity index is 1.57. The van der Waals surface area contributed by atoms with E-state index < -0.39 is 0 Å². The Kier molecular flexibility index (Phi) is 4.10. The number of pyridine rings is 1. The molecule has 0 spiro atoms. The van der Waals surface area contributed by atoms with Crippen molar-refractivity contribution in [3.63, 3.8) is 0 Å². The second-order valence-corrected chi connectivity index (χ2v) is 5.59. The zero-order chi connectivity index (χ0) is 16.4. The first kappa shape index (κ1) is 15.2. The van der Waals surface area contributed by atoms with Gasteiger partial charge in [0.05, 0.1) is 12.1 Å². The van der Waals surface area contributed by atoms with Crippen LogP contribution in [-0.2, 0) is 24.7 Å². The highest BCUT2D eigenvalue weighted by Gasteiger charge is 2.13. The molecule has 0 radical (unpaired) electrons. The summed E-state index contributed by atoms with van der Waals surface area (Å²) in [5, 5.41) is 15.5. The third-order valence-electron chi connectivity index (χ3n) is 4.05. The Labute approximate surface area is 134 Å². The van der Waals surface area contributed by atoms with Crippen molar-refractivity contribution in [2.24, 2.45) is 7.05 Å². The number of carbonyl (C=O) groups is 1. The average Bonchev–Trinajstić information content (AvgIpc) is 3.04. The van der Waals surface area contributed by atoms with E-state index in [4.69, 9.17) is 0 Å². The number of aryl methyl sites for hydroxylation is 2. The van der Waals surface area contributed by atoms with Gasteiger partial charge in [0.2, 0.25) is 5.91 Å². The number of hydrogen-bond acceptors (Lipinski definition) is 4. The molecule has 0 bridgehead atoms. The molecule has 0 atom stereocenters. The lowest BCUT2D eigenvalue weighted by Crippen LogP contribution is -2.28. The summed E-state index contributed by atoms with van der Waals surface area (Å²) in [4.78, 5) is 12.1. The van der Waals surface area contributed by atoms with Gasteiger partial charge < -0.3 is 5.32 Å². The molecule has 7 heteroatoms. The third-order valence-corrected chi connectivity index (χ3v) is 4.05. The van der Waals surface area contributed by atoms with Gasteiger partial charge in [0, 0.05) is 37.5 Å². The Bertz CT molecular complexity index is 847. The Hall–Kier alpha value is -2.70. The number of nitrogens with one attached hydrogen (secondary N) is 1. The molecular formula is C16H20N6O. The molecule has 120 valence electrons. The van der Waals surface area contributed by atoms with Crippen molar-refractivity contribution in [1.29, 1.82) is 0 Å². The minimum absolute atomic E-state index is 0.00183. The maximum absolute atomic E-state index is 12.1. The number of amides is 1. The molecule has 0 saturated carbocycles. The second kappa shape index (κ2) is 6.20. The summed E-state index contributed by atoms with van der Waals surface area (Å²) in [6.45, 7) is 4.44. The minimum Gasteiger partial charge on any atom is -0.355 e. The molecule has 0 aliphatic rings. The summed E-state index contributed by atoms with van der Waals surface area (Å²) >= 11 is 0. The van der Waals surface area contributed by atoms with Crippen molar-refractivity contribution < 1.29 is 4.79 Å². The van der Waals surface area contributed by atoms with Crippen molar-refractivity contribution in [2.45, 2.75) is 26.7 Å². The lowest BCUT2D eigenvalue weighted by atomic mass is 10.1. The summed E-state index contributed by atoms with van der Waals surface area (Å²) in [6.07, 6.45) is 2.92. The number of carbonyl (C=O) groups excluding carboxylic acids is 1. The fourth-order valence-corrected chi connectivity index (χ4v) is 2.67. The van der Waals surface area contributed by atoms with E-state index in [1.165, 1.54) is 0 Å². The first-order chi connectivity index (χ1) is 11.1. The molecule has 0 aromatic carbocycles. The molecule has 0 aliphatic carbocycles. The monoisotopic (exact) mass is 312 g/mol. The van der Waals surface area contributed by atoms with E-state index in [0.29, 0.717) is 19.4 Å². The zero-order valence-corrected chi connectivity index (χ0v) is 13.6. The summed E-state index contributed by atoms with van der Waals surface area (Å²) < 4.78 is 3.74. The molecule has 23 heavy (non-hydrogen) atoms. The highest BCUT2D eigenvalue weighted by molar-refractivity contribution is 5.79. The van der Waals surface area contributed by atoms with Gasteiger partial charge in [0.15, 0.2) is 5.65 Å². The fourth-order valence-electron chi connectivity index (χ4n) is 2.67. The predicted octanol–water partition coefficient (Wildman–Crippen LogP) is 0.981. The number of hydrogen-bond donors (Lipinski definition) is 1. The van der Waals surface area contributed by atoms with E-state index in [1.807, 2.05) is 49.7 Å². The van der Waals surface area contributed by atoms with Gasteiger partial charge >= 0.3 is 0 Å². The van der Waals surface area contributed by atoms with E-state index in [2.05, 4.69) is 20.6 Å². The topological polar surface area (TPSA) is 77.1 Å². The van der Waals surface area contributed by atoms with E-state index in [1.54, 1.807) is 4.68 Å². The Morgan fingerprint density at radius 2 is 2.09 bits per heavy atom. The summed E-state index contributed by atoms with van der Waals surface area (Å²) in [7, 11) is 1.89. The zero-order valence-electron chi connectivity index (χ0n) is 13.6. The molecule has 7 nitrogen and oxygen atoms in total. The lowest BCUT2D eigenvalue weighted by molar-refractivity contribution is -0.120. The van der Waals surface area contributed by atoms with Gasteiger partial charge in [-0.3, -0.25) is 13.9 Å². The molecule has 1 N–H and O–H groups in total. The Morgan fingerprint density at radius 1 is 1.26 bits per heavy atom. The molecule has 3 aromatic rings. The van der Waals surface area contributed by atoms with Crippen molar-refractivity contribution in [2.75, 3.05) is 6.54 Å². The van der Waals surface area contributed by atoms with E-state index in [-0.39, 0.29) is 5.91 Å². The van der Waals surface area contributed by atoms with Crippen LogP contribution in [0.1, 0.15) is 22.8 Å². The van der Waals surface area contributed by atoms with Gasteiger partial charge in [0.1, 0.15) is 5.82 Å². The van der Waals surface area contributed by atoms with Crippen LogP contribution < -0.4 is 5.32 Å². The summed E-state index contributed by atoms with van der Waals surface area (Å²) in [5.74, 6) is 0.840. The molecule has 3 aromatic heterocycles. The van der Waals surface area contributed by atoms with Crippen LogP contribution in [0.15, 0.2) is 24.4 Å². The standard InChI is InChI=1S/C16H20N6O/c1-11-13(12(2)21(3)20-11)10-16(23)17-8-7-15-19-18-14-6-4-5-9-22(14)15/h4-6,9H,7-8,10H2,1-3H3,(H,17,23). The van der Waals surface area contributed by atoms with Gasteiger partial charge in [-0.25, -0.2) is 0 Å². The molecule has 0 fully saturated rings. The first-order valence-electron chi connectivity index (χ1n) is 7.60. The second-order valence-electron chi connectivity index (χ2n) is 5.59. The van der Waals surface area contributed by atoms with E-state index in [9.17, 15) is 4.79 Å². The predicted molar refractivity (Wildman–Crippen MR) is 86.1 cm³/mol. The van der Waals surface area contributed by atoms with Crippen molar-refractivity contribution in [1.82, 2.24) is 29.7 Å². The van der Waals surface area contributed by atoms with Crippen LogP contribution in [-0.4, -0.2) is 36.8 Å². The van der Waals surface area contributed by atoms with Gasteiger partial charge in [-0.05, 0) is 26.0 Å². The van der Waals surface area contributed by atoms with Crippen LogP contribution in [0.3, 0.4) is 0 Å². The van der Waals surface area contributed by atoms with Crippen LogP contribution in [0, 0.1) is 13.8 Å². The van der Waals surface area contributed by atoms with Gasteiger partial charge in [0.25, 0.3) is 0 Å². The molecule has 0 unspecified atom stereocenters. The third kappa shape index (κ3) is 3.08. The molecule has 0 aliphatic heterocycles. The van der Waals surface area contributed by atoms with Gasteiger partial charge in [-0.15, -0.1) is 10.2 Å². The quantitative estimate of drug-likeness (QED) is 0.762. The van der Waals surface area contributed by atoms with Crippen molar-refractivity contribution in [3.05, 3.63) is 47.2 Å². The van der Waals surface area contributed by atoms with Crippen LogP contribution in [0.2, 0.25) is 0 Å². The normalized spacial score (nSPS) is 11.1. The number of aromatic nitrogens is 5. The SMILES string of the molecule is Cc1nn(C)c(C)c1CC(=O)NCCc1nnc2ccccn12. The molecule has 3 heterocycles. The minimum atomic E-state index is -0.00183. The highest BCUT2D eigenvalue weighted by Crippen LogP contribution is 2.12. The maximum Gasteiger partial charge on any atom is 0.224 e. The lowest BCUT2D eigenvalue weighted by Gasteiger charge is -2.05. The van der Waals surface area contributed by atoms with Crippen LogP contribution >= 0.6 is 0 Å². The largest absolute Gasteiger partial charge is 0.355 e. The highest BCUT2D eigenvalue weighted by atomic mass is 16.1. The molecule has 1 amide bonds. The van der Waals surface area contributed by atoms with E-state index in [0.717, 1.165) is 28.4 Å². The number of rotatable bonds is 5. The average molecular weight is 312 g/mol.